The lowest BCUT2D eigenvalue weighted by atomic mass is 10.2. The Labute approximate surface area is 114 Å². The normalized spacial score (nSPS) is 16.6. The van der Waals surface area contributed by atoms with Crippen LogP contribution in [0.3, 0.4) is 0 Å². The number of hydrogen-bond donors (Lipinski definition) is 0. The average molecular weight is 284 g/mol. The molecule has 0 N–H and O–H groups in total. The zero-order valence-electron chi connectivity index (χ0n) is 9.57. The Morgan fingerprint density at radius 1 is 1.28 bits per heavy atom. The first-order valence-corrected chi connectivity index (χ1v) is 6.65. The summed E-state index contributed by atoms with van der Waals surface area (Å²) in [5.74, 6) is 0. The van der Waals surface area contributed by atoms with Gasteiger partial charge in [-0.3, -0.25) is 9.36 Å². The summed E-state index contributed by atoms with van der Waals surface area (Å²) < 4.78 is 1.68. The number of hydrogen-bond acceptors (Lipinski definition) is 3. The maximum Gasteiger partial charge on any atom is 0.271 e. The fourth-order valence-corrected chi connectivity index (χ4v) is 2.90. The van der Waals surface area contributed by atoms with Crippen LogP contribution in [0, 0.1) is 0 Å². The van der Waals surface area contributed by atoms with Crippen LogP contribution >= 0.6 is 23.2 Å². The minimum atomic E-state index is -0.189. The Bertz CT molecular complexity index is 662. The van der Waals surface area contributed by atoms with Crippen LogP contribution in [0.15, 0.2) is 17.1 Å². The monoisotopic (exact) mass is 283 g/mol. The Morgan fingerprint density at radius 2 is 2.00 bits per heavy atom. The highest BCUT2D eigenvalue weighted by Gasteiger charge is 2.22. The fraction of sp³-hybridized carbons (Fsp3) is 0.417. The maximum absolute atomic E-state index is 12.2. The molecule has 0 bridgehead atoms. The van der Waals surface area contributed by atoms with Crippen LogP contribution in [-0.2, 0) is 0 Å². The summed E-state index contributed by atoms with van der Waals surface area (Å²) in [7, 11) is 0. The van der Waals surface area contributed by atoms with E-state index in [9.17, 15) is 4.79 Å². The molecule has 1 saturated carbocycles. The Morgan fingerprint density at radius 3 is 2.72 bits per heavy atom. The van der Waals surface area contributed by atoms with Gasteiger partial charge in [0, 0.05) is 17.6 Å². The summed E-state index contributed by atoms with van der Waals surface area (Å²) in [6.45, 7) is 0. The van der Waals surface area contributed by atoms with Gasteiger partial charge in [-0.15, -0.1) is 0 Å². The van der Waals surface area contributed by atoms with Gasteiger partial charge in [0.25, 0.3) is 5.56 Å². The zero-order valence-corrected chi connectivity index (χ0v) is 11.1. The molecule has 94 valence electrons. The highest BCUT2D eigenvalue weighted by atomic mass is 35.5. The van der Waals surface area contributed by atoms with Gasteiger partial charge in [-0.05, 0) is 30.5 Å². The van der Waals surface area contributed by atoms with E-state index in [2.05, 4.69) is 9.97 Å². The van der Waals surface area contributed by atoms with E-state index in [0.717, 1.165) is 31.1 Å². The van der Waals surface area contributed by atoms with Gasteiger partial charge < -0.3 is 0 Å². The molecule has 4 nitrogen and oxygen atoms in total. The lowest BCUT2D eigenvalue weighted by molar-refractivity contribution is 0.516. The van der Waals surface area contributed by atoms with Crippen LogP contribution in [0.4, 0.5) is 0 Å². The van der Waals surface area contributed by atoms with Gasteiger partial charge in [0.05, 0.1) is 0 Å². The number of aromatic nitrogens is 3. The SMILES string of the molecule is O=c1c(Cl)cc2cnc(Cl)nc2n1C1CCCC1. The van der Waals surface area contributed by atoms with E-state index in [0.29, 0.717) is 5.65 Å². The average Bonchev–Trinajstić information content (AvgIpc) is 2.85. The highest BCUT2D eigenvalue weighted by molar-refractivity contribution is 6.31. The van der Waals surface area contributed by atoms with Gasteiger partial charge in [0.1, 0.15) is 10.7 Å². The van der Waals surface area contributed by atoms with E-state index < -0.39 is 0 Å². The number of fused-ring (bicyclic) bond motifs is 1. The second-order valence-corrected chi connectivity index (χ2v) is 5.27. The molecule has 0 atom stereocenters. The van der Waals surface area contributed by atoms with E-state index in [1.54, 1.807) is 16.8 Å². The molecule has 3 rings (SSSR count). The van der Waals surface area contributed by atoms with Gasteiger partial charge in [0.15, 0.2) is 0 Å². The molecule has 2 aromatic heterocycles. The second kappa shape index (κ2) is 4.52. The van der Waals surface area contributed by atoms with Crippen LogP contribution in [0.2, 0.25) is 10.3 Å². The molecule has 0 aromatic carbocycles. The smallest absolute Gasteiger partial charge is 0.271 e. The molecule has 0 saturated heterocycles. The highest BCUT2D eigenvalue weighted by Crippen LogP contribution is 2.31. The van der Waals surface area contributed by atoms with Crippen molar-refractivity contribution in [2.75, 3.05) is 0 Å². The van der Waals surface area contributed by atoms with Crippen LogP contribution in [0.5, 0.6) is 0 Å². The predicted molar refractivity (Wildman–Crippen MR) is 71.3 cm³/mol. The van der Waals surface area contributed by atoms with Crippen molar-refractivity contribution in [2.24, 2.45) is 0 Å². The van der Waals surface area contributed by atoms with E-state index >= 15 is 0 Å². The molecule has 1 fully saturated rings. The van der Waals surface area contributed by atoms with Gasteiger partial charge >= 0.3 is 0 Å². The second-order valence-electron chi connectivity index (χ2n) is 4.52. The molecule has 0 amide bonds. The van der Waals surface area contributed by atoms with Crippen LogP contribution in [0.25, 0.3) is 11.0 Å². The number of nitrogens with zero attached hydrogens (tertiary/aromatic N) is 3. The first-order valence-electron chi connectivity index (χ1n) is 5.90. The summed E-state index contributed by atoms with van der Waals surface area (Å²) in [6.07, 6.45) is 5.82. The standard InChI is InChI=1S/C12H11Cl2N3O/c13-9-5-7-6-15-12(14)16-10(7)17(11(9)18)8-3-1-2-4-8/h5-6,8H,1-4H2. The third kappa shape index (κ3) is 1.89. The summed E-state index contributed by atoms with van der Waals surface area (Å²) in [5, 5.41) is 1.10. The van der Waals surface area contributed by atoms with Crippen molar-refractivity contribution in [3.63, 3.8) is 0 Å². The first kappa shape index (κ1) is 11.9. The number of halogens is 2. The van der Waals surface area contributed by atoms with Gasteiger partial charge in [-0.25, -0.2) is 4.98 Å². The van der Waals surface area contributed by atoms with Crippen molar-refractivity contribution in [3.05, 3.63) is 32.9 Å². The zero-order chi connectivity index (χ0) is 12.7. The summed E-state index contributed by atoms with van der Waals surface area (Å²) in [5.41, 5.74) is 0.391. The van der Waals surface area contributed by atoms with Crippen LogP contribution in [-0.4, -0.2) is 14.5 Å². The number of pyridine rings is 1. The first-order chi connectivity index (χ1) is 8.66. The summed E-state index contributed by atoms with van der Waals surface area (Å²) >= 11 is 11.8. The molecule has 0 aliphatic heterocycles. The van der Waals surface area contributed by atoms with Crippen molar-refractivity contribution in [2.45, 2.75) is 31.7 Å². The molecule has 2 heterocycles. The Kier molecular flexibility index (Phi) is 2.99. The molecule has 0 spiro atoms. The molecule has 1 aliphatic carbocycles. The largest absolute Gasteiger partial charge is 0.288 e. The summed E-state index contributed by atoms with van der Waals surface area (Å²) in [4.78, 5) is 20.3. The molecular weight excluding hydrogens is 273 g/mol. The minimum Gasteiger partial charge on any atom is -0.288 e. The quantitative estimate of drug-likeness (QED) is 0.755. The van der Waals surface area contributed by atoms with Crippen molar-refractivity contribution >= 4 is 34.2 Å². The van der Waals surface area contributed by atoms with E-state index in [4.69, 9.17) is 23.2 Å². The van der Waals surface area contributed by atoms with Crippen molar-refractivity contribution in [1.82, 2.24) is 14.5 Å². The number of rotatable bonds is 1. The van der Waals surface area contributed by atoms with Gasteiger partial charge in [0.2, 0.25) is 5.28 Å². The van der Waals surface area contributed by atoms with Gasteiger partial charge in [-0.2, -0.15) is 4.98 Å². The maximum atomic E-state index is 12.2. The third-order valence-electron chi connectivity index (χ3n) is 3.39. The fourth-order valence-electron chi connectivity index (χ4n) is 2.57. The summed E-state index contributed by atoms with van der Waals surface area (Å²) in [6, 6.07) is 1.77. The predicted octanol–water partition coefficient (Wildman–Crippen LogP) is 3.21. The molecular formula is C12H11Cl2N3O. The van der Waals surface area contributed by atoms with E-state index in [1.165, 1.54) is 0 Å². The molecule has 0 unspecified atom stereocenters. The van der Waals surface area contributed by atoms with Crippen molar-refractivity contribution in [3.8, 4) is 0 Å². The molecule has 6 heteroatoms. The van der Waals surface area contributed by atoms with E-state index in [-0.39, 0.29) is 21.9 Å². The third-order valence-corrected chi connectivity index (χ3v) is 3.84. The van der Waals surface area contributed by atoms with Crippen LogP contribution < -0.4 is 5.56 Å². The van der Waals surface area contributed by atoms with Crippen molar-refractivity contribution in [1.29, 1.82) is 0 Å². The molecule has 0 radical (unpaired) electrons. The topological polar surface area (TPSA) is 47.8 Å². The Hall–Kier alpha value is -1.13. The van der Waals surface area contributed by atoms with Gasteiger partial charge in [-0.1, -0.05) is 24.4 Å². The molecule has 2 aromatic rings. The van der Waals surface area contributed by atoms with Crippen LogP contribution in [0.1, 0.15) is 31.7 Å². The molecule has 18 heavy (non-hydrogen) atoms. The minimum absolute atomic E-state index is 0.149. The lowest BCUT2D eigenvalue weighted by Gasteiger charge is -2.16. The van der Waals surface area contributed by atoms with Crippen molar-refractivity contribution < 1.29 is 0 Å². The Balaban J connectivity index is 2.34. The lowest BCUT2D eigenvalue weighted by Crippen LogP contribution is -2.25. The molecule has 1 aliphatic rings. The van der Waals surface area contributed by atoms with E-state index in [1.807, 2.05) is 0 Å².